The summed E-state index contributed by atoms with van der Waals surface area (Å²) in [6, 6.07) is 23.1. The zero-order valence-corrected chi connectivity index (χ0v) is 26.1. The van der Waals surface area contributed by atoms with Crippen LogP contribution in [0.5, 0.6) is 5.75 Å². The van der Waals surface area contributed by atoms with E-state index in [1.165, 1.54) is 4.90 Å². The molecule has 12 heteroatoms. The summed E-state index contributed by atoms with van der Waals surface area (Å²) in [6.45, 7) is -0.0884. The first-order valence-electron chi connectivity index (χ1n) is 13.3. The molecule has 0 aliphatic carbocycles. The van der Waals surface area contributed by atoms with Crippen LogP contribution in [-0.4, -0.2) is 48.8 Å². The van der Waals surface area contributed by atoms with Crippen LogP contribution >= 0.6 is 35.0 Å². The molecule has 0 radical (unpaired) electrons. The average molecular weight is 649 g/mol. The number of amidine groups is 1. The van der Waals surface area contributed by atoms with E-state index in [0.717, 1.165) is 23.0 Å². The maximum Gasteiger partial charge on any atom is 0.267 e. The molecule has 0 spiro atoms. The lowest BCUT2D eigenvalue weighted by atomic mass is 10.2. The van der Waals surface area contributed by atoms with Crippen molar-refractivity contribution in [3.8, 4) is 5.75 Å². The van der Waals surface area contributed by atoms with Gasteiger partial charge in [0, 0.05) is 41.1 Å². The average Bonchev–Trinajstić information content (AvgIpc) is 3.62. The number of anilines is 2. The van der Waals surface area contributed by atoms with E-state index in [9.17, 15) is 9.59 Å². The number of halogens is 2. The van der Waals surface area contributed by atoms with Crippen LogP contribution in [0.3, 0.4) is 0 Å². The third kappa shape index (κ3) is 8.10. The van der Waals surface area contributed by atoms with Gasteiger partial charge in [-0.3, -0.25) is 14.5 Å². The number of carbonyl (C=O) groups is 2. The molecule has 0 saturated carbocycles. The Balaban J connectivity index is 1.35. The van der Waals surface area contributed by atoms with Gasteiger partial charge in [-0.2, -0.15) is 5.10 Å². The Bertz CT molecular complexity index is 1720. The largest absolute Gasteiger partial charge is 0.483 e. The molecule has 1 aromatic heterocycles. The van der Waals surface area contributed by atoms with Gasteiger partial charge in [-0.1, -0.05) is 35.3 Å². The fourth-order valence-electron chi connectivity index (χ4n) is 4.06. The summed E-state index contributed by atoms with van der Waals surface area (Å²) < 4.78 is 11.3. The Labute approximate surface area is 268 Å². The number of ether oxygens (including phenoxy) is 1. The van der Waals surface area contributed by atoms with Gasteiger partial charge in [-0.25, -0.2) is 0 Å². The van der Waals surface area contributed by atoms with E-state index in [-0.39, 0.29) is 25.0 Å². The minimum absolute atomic E-state index is 0.172. The van der Waals surface area contributed by atoms with E-state index in [4.69, 9.17) is 32.4 Å². The normalized spacial score (nSPS) is 15.0. The second kappa shape index (κ2) is 14.3. The van der Waals surface area contributed by atoms with Crippen molar-refractivity contribution in [1.29, 1.82) is 0 Å². The Morgan fingerprint density at radius 3 is 2.50 bits per heavy atom. The molecule has 2 amide bonds. The Morgan fingerprint density at radius 1 is 1.05 bits per heavy atom. The number of hydrogen-bond acceptors (Lipinski definition) is 8. The van der Waals surface area contributed by atoms with E-state index in [0.29, 0.717) is 42.9 Å². The number of furan rings is 1. The summed E-state index contributed by atoms with van der Waals surface area (Å²) in [5.41, 5.74) is 3.04. The molecule has 0 unspecified atom stereocenters. The smallest absolute Gasteiger partial charge is 0.267 e. The first-order chi connectivity index (χ1) is 21.2. The van der Waals surface area contributed by atoms with Crippen molar-refractivity contribution in [2.45, 2.75) is 6.54 Å². The van der Waals surface area contributed by atoms with Crippen LogP contribution in [-0.2, 0) is 16.1 Å². The zero-order chi connectivity index (χ0) is 31.1. The van der Waals surface area contributed by atoms with Gasteiger partial charge >= 0.3 is 0 Å². The molecular weight excluding hydrogens is 621 g/mol. The van der Waals surface area contributed by atoms with E-state index in [2.05, 4.69) is 15.5 Å². The lowest BCUT2D eigenvalue weighted by Crippen LogP contribution is -2.28. The van der Waals surface area contributed by atoms with Crippen molar-refractivity contribution in [3.05, 3.63) is 117 Å². The van der Waals surface area contributed by atoms with Crippen molar-refractivity contribution < 1.29 is 18.7 Å². The number of carbonyl (C=O) groups excluding carboxylic acids is 2. The highest BCUT2D eigenvalue weighted by atomic mass is 35.5. The molecule has 9 nitrogen and oxygen atoms in total. The van der Waals surface area contributed by atoms with Crippen LogP contribution in [0.25, 0.3) is 6.08 Å². The summed E-state index contributed by atoms with van der Waals surface area (Å²) in [5.74, 6) is 0.320. The van der Waals surface area contributed by atoms with Crippen LogP contribution in [0, 0.1) is 0 Å². The van der Waals surface area contributed by atoms with Gasteiger partial charge in [0.1, 0.15) is 11.5 Å². The van der Waals surface area contributed by atoms with Gasteiger partial charge in [0.25, 0.3) is 11.8 Å². The third-order valence-corrected chi connectivity index (χ3v) is 7.77. The number of hydrogen-bond donors (Lipinski definition) is 1. The first kappa shape index (κ1) is 30.9. The molecule has 0 bridgehead atoms. The van der Waals surface area contributed by atoms with E-state index >= 15 is 0 Å². The summed E-state index contributed by atoms with van der Waals surface area (Å²) >= 11 is 13.4. The summed E-state index contributed by atoms with van der Waals surface area (Å²) in [7, 11) is 3.95. The van der Waals surface area contributed by atoms with Gasteiger partial charge in [0.15, 0.2) is 11.8 Å². The van der Waals surface area contributed by atoms with Crippen LogP contribution in [0.4, 0.5) is 11.4 Å². The highest BCUT2D eigenvalue weighted by molar-refractivity contribution is 8.18. The van der Waals surface area contributed by atoms with Crippen molar-refractivity contribution in [1.82, 2.24) is 4.90 Å². The van der Waals surface area contributed by atoms with E-state index in [1.807, 2.05) is 43.3 Å². The lowest BCUT2D eigenvalue weighted by Gasteiger charge is -2.13. The predicted octanol–water partition coefficient (Wildman–Crippen LogP) is 7.18. The third-order valence-electron chi connectivity index (χ3n) is 6.29. The molecule has 1 N–H and O–H groups in total. The highest BCUT2D eigenvalue weighted by Gasteiger charge is 2.34. The van der Waals surface area contributed by atoms with E-state index < -0.39 is 0 Å². The number of rotatable bonds is 10. The lowest BCUT2D eigenvalue weighted by molar-refractivity contribution is -0.122. The van der Waals surface area contributed by atoms with Gasteiger partial charge in [0.05, 0.1) is 23.9 Å². The molecule has 2 heterocycles. The monoisotopic (exact) mass is 647 g/mol. The summed E-state index contributed by atoms with van der Waals surface area (Å²) in [6.07, 6.45) is 4.83. The Morgan fingerprint density at radius 2 is 1.80 bits per heavy atom. The van der Waals surface area contributed by atoms with Crippen molar-refractivity contribution in [2.75, 3.05) is 30.9 Å². The van der Waals surface area contributed by atoms with Crippen LogP contribution in [0.1, 0.15) is 16.9 Å². The maximum absolute atomic E-state index is 13.6. The maximum atomic E-state index is 13.6. The number of thioether (sulfide) groups is 1. The molecule has 1 aliphatic rings. The summed E-state index contributed by atoms with van der Waals surface area (Å²) in [5, 5.41) is 12.8. The highest BCUT2D eigenvalue weighted by Crippen LogP contribution is 2.36. The predicted molar refractivity (Wildman–Crippen MR) is 178 cm³/mol. The molecule has 4 aromatic rings. The van der Waals surface area contributed by atoms with Crippen LogP contribution in [0.2, 0.25) is 10.0 Å². The molecule has 224 valence electrons. The second-order valence-corrected chi connectivity index (χ2v) is 11.6. The molecule has 1 saturated heterocycles. The molecular formula is C32H27Cl2N5O4S. The minimum atomic E-state index is -0.361. The molecule has 1 fully saturated rings. The second-order valence-electron chi connectivity index (χ2n) is 9.72. The fraction of sp³-hybridized carbons (Fsp3) is 0.125. The van der Waals surface area contributed by atoms with Gasteiger partial charge in [-0.15, -0.1) is 5.10 Å². The molecule has 5 rings (SSSR count). The van der Waals surface area contributed by atoms with E-state index in [1.54, 1.807) is 73.2 Å². The number of nitrogens with zero attached hydrogens (tertiary/aromatic N) is 4. The molecule has 0 atom stereocenters. The topological polar surface area (TPSA) is 99.7 Å². The SMILES string of the molecule is CN(C)c1ccc(/C=N\N=C2\S/C(=C\c3cc(Cl)ccc3OCC(=O)Nc3ccc(Cl)cc3)C(=O)N2Cc2ccco2)cc1. The van der Waals surface area contributed by atoms with Crippen LogP contribution < -0.4 is 15.0 Å². The Hall–Kier alpha value is -4.51. The van der Waals surface area contributed by atoms with Gasteiger partial charge < -0.3 is 19.4 Å². The summed E-state index contributed by atoms with van der Waals surface area (Å²) in [4.78, 5) is 30.0. The van der Waals surface area contributed by atoms with Crippen molar-refractivity contribution in [3.63, 3.8) is 0 Å². The number of benzene rings is 3. The standard InChI is InChI=1S/C32H27Cl2N5O4S/c1-38(2)26-12-5-21(6-13-26)18-35-37-32-39(19-27-4-3-15-42-27)31(41)29(44-32)17-22-16-24(34)9-14-28(22)43-20-30(40)36-25-10-7-23(33)8-11-25/h3-18H,19-20H2,1-2H3,(H,36,40)/b29-17-,35-18-,37-32+. The first-order valence-corrected chi connectivity index (χ1v) is 14.9. The number of amides is 2. The van der Waals surface area contributed by atoms with Crippen LogP contribution in [0.15, 0.2) is 105 Å². The van der Waals surface area contributed by atoms with Crippen molar-refractivity contribution in [2.24, 2.45) is 10.2 Å². The molecule has 3 aromatic carbocycles. The molecule has 1 aliphatic heterocycles. The molecule has 44 heavy (non-hydrogen) atoms. The minimum Gasteiger partial charge on any atom is -0.483 e. The Kier molecular flexibility index (Phi) is 10.1. The van der Waals surface area contributed by atoms with Gasteiger partial charge in [0.2, 0.25) is 0 Å². The van der Waals surface area contributed by atoms with Gasteiger partial charge in [-0.05, 0) is 90.1 Å². The zero-order valence-electron chi connectivity index (χ0n) is 23.7. The quantitative estimate of drug-likeness (QED) is 0.111. The van der Waals surface area contributed by atoms with Crippen molar-refractivity contribution >= 4 is 75.6 Å². The fourth-order valence-corrected chi connectivity index (χ4v) is 5.29. The number of nitrogens with one attached hydrogen (secondary N) is 1.